The molecule has 0 spiro atoms. The molecular formula is C21H21ClF4N2O. The van der Waals surface area contributed by atoms with Gasteiger partial charge in [-0.05, 0) is 42.2 Å². The van der Waals surface area contributed by atoms with Crippen LogP contribution in [0.1, 0.15) is 61.1 Å². The Labute approximate surface area is 171 Å². The third kappa shape index (κ3) is 5.69. The van der Waals surface area contributed by atoms with E-state index in [4.69, 9.17) is 11.6 Å². The van der Waals surface area contributed by atoms with Crippen LogP contribution >= 0.6 is 11.6 Å². The van der Waals surface area contributed by atoms with Gasteiger partial charge >= 0.3 is 6.18 Å². The van der Waals surface area contributed by atoms with Crippen molar-refractivity contribution in [2.75, 3.05) is 0 Å². The minimum absolute atomic E-state index is 0.0680. The molecule has 1 unspecified atom stereocenters. The number of carbonyl (C=O) groups excluding carboxylic acids is 1. The fraction of sp³-hybridized carbons (Fsp3) is 0.429. The summed E-state index contributed by atoms with van der Waals surface area (Å²) in [7, 11) is 0. The first-order chi connectivity index (χ1) is 13.7. The molecule has 1 saturated carbocycles. The van der Waals surface area contributed by atoms with Gasteiger partial charge in [-0.3, -0.25) is 9.78 Å². The van der Waals surface area contributed by atoms with Crippen LogP contribution < -0.4 is 5.32 Å². The number of benzene rings is 1. The van der Waals surface area contributed by atoms with Crippen LogP contribution in [0.2, 0.25) is 5.02 Å². The first-order valence-electron chi connectivity index (χ1n) is 9.50. The Balaban J connectivity index is 1.89. The first-order valence-corrected chi connectivity index (χ1v) is 9.88. The van der Waals surface area contributed by atoms with Crippen molar-refractivity contribution in [1.29, 1.82) is 0 Å². The van der Waals surface area contributed by atoms with Gasteiger partial charge in [-0.1, -0.05) is 36.9 Å². The molecule has 1 aliphatic carbocycles. The van der Waals surface area contributed by atoms with Crippen molar-refractivity contribution in [3.8, 4) is 0 Å². The van der Waals surface area contributed by atoms with E-state index in [-0.39, 0.29) is 29.0 Å². The van der Waals surface area contributed by atoms with Gasteiger partial charge in [-0.25, -0.2) is 4.39 Å². The molecule has 1 atom stereocenters. The quantitative estimate of drug-likeness (QED) is 0.606. The van der Waals surface area contributed by atoms with Crippen LogP contribution in [0.5, 0.6) is 0 Å². The highest BCUT2D eigenvalue weighted by Gasteiger charge is 2.32. The zero-order chi connectivity index (χ0) is 21.0. The average Bonchev–Trinajstić information content (AvgIpc) is 2.68. The summed E-state index contributed by atoms with van der Waals surface area (Å²) < 4.78 is 53.4. The molecule has 1 heterocycles. The predicted molar refractivity (Wildman–Crippen MR) is 102 cm³/mol. The molecule has 3 nitrogen and oxygen atoms in total. The van der Waals surface area contributed by atoms with Crippen molar-refractivity contribution < 1.29 is 22.4 Å². The SMILES string of the molecule is O=C(CC(c1cncc(C(F)(F)F)c1)c1ccc(Cl)c(F)c1)NC1CCCCC1. The molecule has 2 aromatic rings. The van der Waals surface area contributed by atoms with E-state index < -0.39 is 23.5 Å². The maximum Gasteiger partial charge on any atom is 0.417 e. The number of hydrogen-bond acceptors (Lipinski definition) is 2. The van der Waals surface area contributed by atoms with Crippen molar-refractivity contribution in [2.45, 2.75) is 56.7 Å². The van der Waals surface area contributed by atoms with Crippen molar-refractivity contribution in [3.63, 3.8) is 0 Å². The molecule has 29 heavy (non-hydrogen) atoms. The van der Waals surface area contributed by atoms with Crippen LogP contribution in [0, 0.1) is 5.82 Å². The van der Waals surface area contributed by atoms with E-state index >= 15 is 0 Å². The smallest absolute Gasteiger partial charge is 0.353 e. The van der Waals surface area contributed by atoms with E-state index in [0.717, 1.165) is 50.4 Å². The molecule has 156 valence electrons. The molecular weight excluding hydrogens is 408 g/mol. The zero-order valence-corrected chi connectivity index (χ0v) is 16.4. The van der Waals surface area contributed by atoms with Gasteiger partial charge in [-0.2, -0.15) is 13.2 Å². The minimum Gasteiger partial charge on any atom is -0.353 e. The lowest BCUT2D eigenvalue weighted by Crippen LogP contribution is -2.36. The molecule has 1 aromatic heterocycles. The summed E-state index contributed by atoms with van der Waals surface area (Å²) in [5, 5.41) is 2.86. The van der Waals surface area contributed by atoms with Crippen LogP contribution in [0.25, 0.3) is 0 Å². The second kappa shape index (κ2) is 9.11. The van der Waals surface area contributed by atoms with Crippen LogP contribution in [0.3, 0.4) is 0 Å². The molecule has 1 fully saturated rings. The molecule has 0 aliphatic heterocycles. The Morgan fingerprint density at radius 1 is 1.14 bits per heavy atom. The Bertz CT molecular complexity index is 866. The van der Waals surface area contributed by atoms with Gasteiger partial charge in [0.05, 0.1) is 10.6 Å². The molecule has 1 amide bonds. The first kappa shape index (κ1) is 21.6. The molecule has 1 aliphatic rings. The van der Waals surface area contributed by atoms with E-state index in [0.29, 0.717) is 5.56 Å². The third-order valence-corrected chi connectivity index (χ3v) is 5.50. The summed E-state index contributed by atoms with van der Waals surface area (Å²) in [5.41, 5.74) is -0.353. The van der Waals surface area contributed by atoms with Gasteiger partial charge in [0.1, 0.15) is 5.82 Å². The number of nitrogens with zero attached hydrogens (tertiary/aromatic N) is 1. The summed E-state index contributed by atoms with van der Waals surface area (Å²) in [4.78, 5) is 16.3. The summed E-state index contributed by atoms with van der Waals surface area (Å²) >= 11 is 5.74. The Hall–Kier alpha value is -2.15. The fourth-order valence-electron chi connectivity index (χ4n) is 3.68. The Morgan fingerprint density at radius 3 is 2.52 bits per heavy atom. The number of amides is 1. The second-order valence-electron chi connectivity index (χ2n) is 7.34. The minimum atomic E-state index is -4.57. The van der Waals surface area contributed by atoms with E-state index in [2.05, 4.69) is 10.3 Å². The number of pyridine rings is 1. The number of alkyl halides is 3. The highest BCUT2D eigenvalue weighted by atomic mass is 35.5. The summed E-state index contributed by atoms with van der Waals surface area (Å²) in [6.07, 6.45) is 2.31. The summed E-state index contributed by atoms with van der Waals surface area (Å²) in [6, 6.07) is 5.03. The van der Waals surface area contributed by atoms with Gasteiger partial charge in [0, 0.05) is 30.8 Å². The van der Waals surface area contributed by atoms with Crippen LogP contribution in [-0.4, -0.2) is 16.9 Å². The van der Waals surface area contributed by atoms with Crippen LogP contribution in [0.15, 0.2) is 36.7 Å². The Morgan fingerprint density at radius 2 is 1.86 bits per heavy atom. The largest absolute Gasteiger partial charge is 0.417 e. The summed E-state index contributed by atoms with van der Waals surface area (Å²) in [5.74, 6) is -1.75. The molecule has 8 heteroatoms. The number of carbonyl (C=O) groups is 1. The number of hydrogen-bond donors (Lipinski definition) is 1. The highest BCUT2D eigenvalue weighted by Crippen LogP contribution is 2.34. The van der Waals surface area contributed by atoms with Gasteiger partial charge in [-0.15, -0.1) is 0 Å². The predicted octanol–water partition coefficient (Wildman–Crippen LogP) is 5.86. The molecule has 1 N–H and O–H groups in total. The molecule has 3 rings (SSSR count). The van der Waals surface area contributed by atoms with E-state index in [1.165, 1.54) is 18.3 Å². The van der Waals surface area contributed by atoms with Gasteiger partial charge in [0.2, 0.25) is 5.91 Å². The normalized spacial score (nSPS) is 16.4. The second-order valence-corrected chi connectivity index (χ2v) is 7.74. The number of aromatic nitrogens is 1. The molecule has 0 bridgehead atoms. The lowest BCUT2D eigenvalue weighted by atomic mass is 9.88. The van der Waals surface area contributed by atoms with Crippen LogP contribution in [0.4, 0.5) is 17.6 Å². The van der Waals surface area contributed by atoms with Crippen molar-refractivity contribution in [2.24, 2.45) is 0 Å². The number of nitrogens with one attached hydrogen (secondary N) is 1. The molecule has 0 radical (unpaired) electrons. The van der Waals surface area contributed by atoms with E-state index in [1.807, 2.05) is 0 Å². The zero-order valence-electron chi connectivity index (χ0n) is 15.6. The maximum absolute atomic E-state index is 14.0. The summed E-state index contributed by atoms with van der Waals surface area (Å²) in [6.45, 7) is 0. The standard InChI is InChI=1S/C21H21ClF4N2O/c22-18-7-6-13(9-19(18)23)17(10-20(29)28-16-4-2-1-3-5-16)14-8-15(12-27-11-14)21(24,25)26/h6-9,11-12,16-17H,1-5,10H2,(H,28,29). The van der Waals surface area contributed by atoms with Gasteiger partial charge in [0.25, 0.3) is 0 Å². The molecule has 1 aromatic carbocycles. The number of rotatable bonds is 5. The van der Waals surface area contributed by atoms with E-state index in [9.17, 15) is 22.4 Å². The van der Waals surface area contributed by atoms with Crippen LogP contribution in [-0.2, 0) is 11.0 Å². The van der Waals surface area contributed by atoms with Crippen molar-refractivity contribution in [1.82, 2.24) is 10.3 Å². The fourth-order valence-corrected chi connectivity index (χ4v) is 3.80. The average molecular weight is 429 g/mol. The maximum atomic E-state index is 14.0. The molecule has 0 saturated heterocycles. The topological polar surface area (TPSA) is 42.0 Å². The van der Waals surface area contributed by atoms with Crippen molar-refractivity contribution in [3.05, 3.63) is 64.2 Å². The number of halogens is 5. The van der Waals surface area contributed by atoms with Gasteiger partial charge < -0.3 is 5.32 Å². The third-order valence-electron chi connectivity index (χ3n) is 5.19. The monoisotopic (exact) mass is 428 g/mol. The lowest BCUT2D eigenvalue weighted by molar-refractivity contribution is -0.137. The highest BCUT2D eigenvalue weighted by molar-refractivity contribution is 6.30. The Kier molecular flexibility index (Phi) is 6.77. The lowest BCUT2D eigenvalue weighted by Gasteiger charge is -2.25. The van der Waals surface area contributed by atoms with E-state index in [1.54, 1.807) is 0 Å². The van der Waals surface area contributed by atoms with Gasteiger partial charge in [0.15, 0.2) is 0 Å². The van der Waals surface area contributed by atoms with Crippen molar-refractivity contribution >= 4 is 17.5 Å².